The number of para-hydroxylation sites is 1. The van der Waals surface area contributed by atoms with E-state index in [1.807, 2.05) is 0 Å². The Labute approximate surface area is 158 Å². The van der Waals surface area contributed by atoms with E-state index in [9.17, 15) is 9.59 Å². The number of anilines is 1. The topological polar surface area (TPSA) is 64.0 Å². The number of nitrogens with zero attached hydrogens (tertiary/aromatic N) is 2. The third-order valence-electron chi connectivity index (χ3n) is 3.64. The van der Waals surface area contributed by atoms with Crippen molar-refractivity contribution in [3.05, 3.63) is 67.6 Å². The first-order valence-electron chi connectivity index (χ1n) is 7.27. The number of carbonyl (C=O) groups excluding carboxylic acids is 1. The van der Waals surface area contributed by atoms with Gasteiger partial charge in [-0.1, -0.05) is 46.9 Å². The van der Waals surface area contributed by atoms with Gasteiger partial charge in [0.2, 0.25) is 5.91 Å². The molecule has 25 heavy (non-hydrogen) atoms. The average molecular weight is 397 g/mol. The number of aromatic nitrogens is 2. The molecule has 0 unspecified atom stereocenters. The third kappa shape index (κ3) is 3.63. The highest BCUT2D eigenvalue weighted by Gasteiger charge is 2.13. The summed E-state index contributed by atoms with van der Waals surface area (Å²) in [5.74, 6) is 0.0154. The molecule has 5 nitrogen and oxygen atoms in total. The van der Waals surface area contributed by atoms with Crippen molar-refractivity contribution in [2.45, 2.75) is 13.5 Å². The number of fused-ring (bicyclic) bond motifs is 1. The first-order chi connectivity index (χ1) is 11.9. The molecule has 128 valence electrons. The number of nitrogens with one attached hydrogen (secondary N) is 1. The Bertz CT molecular complexity index is 1050. The SMILES string of the molecule is Cc1nc2ccccc2c(=O)n1CC(=O)Nc1cc(Cl)c(Cl)cc1Cl. The summed E-state index contributed by atoms with van der Waals surface area (Å²) in [6, 6.07) is 9.88. The maximum atomic E-state index is 12.6. The molecule has 8 heteroatoms. The number of carbonyl (C=O) groups is 1. The van der Waals surface area contributed by atoms with Gasteiger partial charge in [0.15, 0.2) is 0 Å². The van der Waals surface area contributed by atoms with Crippen molar-refractivity contribution >= 4 is 57.3 Å². The first-order valence-corrected chi connectivity index (χ1v) is 8.41. The molecule has 1 heterocycles. The lowest BCUT2D eigenvalue weighted by Gasteiger charge is -2.12. The highest BCUT2D eigenvalue weighted by molar-refractivity contribution is 6.44. The molecule has 0 bridgehead atoms. The second-order valence-electron chi connectivity index (χ2n) is 5.36. The van der Waals surface area contributed by atoms with Crippen LogP contribution >= 0.6 is 34.8 Å². The molecule has 0 aliphatic carbocycles. The number of hydrogen-bond acceptors (Lipinski definition) is 3. The van der Waals surface area contributed by atoms with Gasteiger partial charge in [-0.2, -0.15) is 0 Å². The molecule has 0 fully saturated rings. The van der Waals surface area contributed by atoms with Gasteiger partial charge in [-0.15, -0.1) is 0 Å². The highest BCUT2D eigenvalue weighted by atomic mass is 35.5. The van der Waals surface area contributed by atoms with E-state index >= 15 is 0 Å². The van der Waals surface area contributed by atoms with Crippen LogP contribution in [0.2, 0.25) is 15.1 Å². The molecule has 1 aromatic heterocycles. The molecule has 0 saturated heterocycles. The zero-order valence-electron chi connectivity index (χ0n) is 13.0. The van der Waals surface area contributed by atoms with E-state index in [-0.39, 0.29) is 27.2 Å². The molecule has 3 aromatic rings. The summed E-state index contributed by atoms with van der Waals surface area (Å²) in [7, 11) is 0. The van der Waals surface area contributed by atoms with Crippen molar-refractivity contribution in [1.82, 2.24) is 9.55 Å². The van der Waals surface area contributed by atoms with Crippen LogP contribution in [-0.4, -0.2) is 15.5 Å². The van der Waals surface area contributed by atoms with Crippen molar-refractivity contribution in [1.29, 1.82) is 0 Å². The number of amides is 1. The number of aryl methyl sites for hydroxylation is 1. The number of benzene rings is 2. The monoisotopic (exact) mass is 395 g/mol. The van der Waals surface area contributed by atoms with Gasteiger partial charge in [0.1, 0.15) is 12.4 Å². The van der Waals surface area contributed by atoms with Gasteiger partial charge in [-0.05, 0) is 31.2 Å². The van der Waals surface area contributed by atoms with Crippen LogP contribution in [0.15, 0.2) is 41.2 Å². The lowest BCUT2D eigenvalue weighted by atomic mass is 10.2. The lowest BCUT2D eigenvalue weighted by molar-refractivity contribution is -0.116. The zero-order valence-corrected chi connectivity index (χ0v) is 15.3. The Kier molecular flexibility index (Phi) is 4.99. The van der Waals surface area contributed by atoms with Crippen LogP contribution in [0.1, 0.15) is 5.82 Å². The Morgan fingerprint density at radius 1 is 1.12 bits per heavy atom. The van der Waals surface area contributed by atoms with E-state index in [0.717, 1.165) is 0 Å². The maximum Gasteiger partial charge on any atom is 0.261 e. The van der Waals surface area contributed by atoms with E-state index < -0.39 is 5.91 Å². The van der Waals surface area contributed by atoms with Gasteiger partial charge < -0.3 is 5.32 Å². The molecule has 0 aliphatic heterocycles. The van der Waals surface area contributed by atoms with Gasteiger partial charge in [0, 0.05) is 0 Å². The molecule has 1 amide bonds. The minimum atomic E-state index is -0.428. The number of rotatable bonds is 3. The molecule has 2 aromatic carbocycles. The van der Waals surface area contributed by atoms with Crippen LogP contribution in [-0.2, 0) is 11.3 Å². The van der Waals surface area contributed by atoms with E-state index in [0.29, 0.717) is 22.4 Å². The van der Waals surface area contributed by atoms with Crippen LogP contribution in [0.5, 0.6) is 0 Å². The molecule has 0 atom stereocenters. The summed E-state index contributed by atoms with van der Waals surface area (Å²) in [6.45, 7) is 1.48. The summed E-state index contributed by atoms with van der Waals surface area (Å²) in [4.78, 5) is 29.3. The standard InChI is InChI=1S/C17H12Cl3N3O2/c1-9-21-14-5-3-2-4-10(14)17(25)23(9)8-16(24)22-15-7-12(19)11(18)6-13(15)20/h2-7H,8H2,1H3,(H,22,24). The van der Waals surface area contributed by atoms with E-state index in [2.05, 4.69) is 10.3 Å². The molecule has 3 rings (SSSR count). The molecular formula is C17H12Cl3N3O2. The molecule has 0 radical (unpaired) electrons. The van der Waals surface area contributed by atoms with Crippen LogP contribution < -0.4 is 10.9 Å². The number of halogens is 3. The Balaban J connectivity index is 1.90. The largest absolute Gasteiger partial charge is 0.323 e. The van der Waals surface area contributed by atoms with Gasteiger partial charge >= 0.3 is 0 Å². The smallest absolute Gasteiger partial charge is 0.261 e. The molecule has 0 spiro atoms. The van der Waals surface area contributed by atoms with E-state index in [1.54, 1.807) is 31.2 Å². The average Bonchev–Trinajstić information content (AvgIpc) is 2.56. The molecular weight excluding hydrogens is 385 g/mol. The van der Waals surface area contributed by atoms with Crippen molar-refractivity contribution in [3.63, 3.8) is 0 Å². The minimum absolute atomic E-state index is 0.195. The van der Waals surface area contributed by atoms with Crippen LogP contribution in [0, 0.1) is 6.92 Å². The summed E-state index contributed by atoms with van der Waals surface area (Å²) in [5, 5.41) is 3.89. The Hall–Kier alpha value is -2.08. The Morgan fingerprint density at radius 2 is 1.80 bits per heavy atom. The van der Waals surface area contributed by atoms with Gasteiger partial charge in [-0.3, -0.25) is 14.2 Å². The first kappa shape index (κ1) is 17.7. The fourth-order valence-electron chi connectivity index (χ4n) is 2.42. The van der Waals surface area contributed by atoms with Crippen molar-refractivity contribution in [2.24, 2.45) is 0 Å². The third-order valence-corrected chi connectivity index (χ3v) is 4.67. The maximum absolute atomic E-state index is 12.6. The van der Waals surface area contributed by atoms with Crippen LogP contribution in [0.25, 0.3) is 10.9 Å². The fourth-order valence-corrected chi connectivity index (χ4v) is 3.01. The zero-order chi connectivity index (χ0) is 18.1. The molecule has 1 N–H and O–H groups in total. The van der Waals surface area contributed by atoms with Crippen LogP contribution in [0.4, 0.5) is 5.69 Å². The van der Waals surface area contributed by atoms with Crippen molar-refractivity contribution in [2.75, 3.05) is 5.32 Å². The quantitative estimate of drug-likeness (QED) is 0.671. The Morgan fingerprint density at radius 3 is 2.56 bits per heavy atom. The van der Waals surface area contributed by atoms with Gasteiger partial charge in [0.05, 0.1) is 31.7 Å². The minimum Gasteiger partial charge on any atom is -0.323 e. The summed E-state index contributed by atoms with van der Waals surface area (Å²) in [6.07, 6.45) is 0. The predicted octanol–water partition coefficient (Wildman–Crippen LogP) is 4.30. The second kappa shape index (κ2) is 7.04. The molecule has 0 saturated carbocycles. The number of hydrogen-bond donors (Lipinski definition) is 1. The molecule has 0 aliphatic rings. The predicted molar refractivity (Wildman–Crippen MR) is 101 cm³/mol. The second-order valence-corrected chi connectivity index (χ2v) is 6.58. The normalized spacial score (nSPS) is 10.9. The lowest BCUT2D eigenvalue weighted by Crippen LogP contribution is -2.30. The summed E-state index contributed by atoms with van der Waals surface area (Å²) in [5.41, 5.74) is 0.633. The highest BCUT2D eigenvalue weighted by Crippen LogP contribution is 2.32. The fraction of sp³-hybridized carbons (Fsp3) is 0.118. The van der Waals surface area contributed by atoms with Gasteiger partial charge in [-0.25, -0.2) is 4.98 Å². The summed E-state index contributed by atoms with van der Waals surface area (Å²) >= 11 is 17.9. The van der Waals surface area contributed by atoms with Gasteiger partial charge in [0.25, 0.3) is 5.56 Å². The summed E-state index contributed by atoms with van der Waals surface area (Å²) < 4.78 is 1.31. The van der Waals surface area contributed by atoms with E-state index in [4.69, 9.17) is 34.8 Å². The van der Waals surface area contributed by atoms with Crippen molar-refractivity contribution in [3.8, 4) is 0 Å². The van der Waals surface area contributed by atoms with Crippen LogP contribution in [0.3, 0.4) is 0 Å². The van der Waals surface area contributed by atoms with E-state index in [1.165, 1.54) is 16.7 Å². The van der Waals surface area contributed by atoms with Crippen molar-refractivity contribution < 1.29 is 4.79 Å².